The maximum atomic E-state index is 12.0. The van der Waals surface area contributed by atoms with Crippen molar-refractivity contribution in [2.24, 2.45) is 5.92 Å². The summed E-state index contributed by atoms with van der Waals surface area (Å²) in [5.74, 6) is -0.414. The Morgan fingerprint density at radius 1 is 1.33 bits per heavy atom. The van der Waals surface area contributed by atoms with Gasteiger partial charge in [-0.2, -0.15) is 0 Å². The van der Waals surface area contributed by atoms with E-state index in [1.54, 1.807) is 7.11 Å². The van der Waals surface area contributed by atoms with Gasteiger partial charge in [0.25, 0.3) is 15.0 Å². The molecule has 0 aromatic heterocycles. The monoisotopic (exact) mass is 373 g/mol. The molecule has 118 valence electrons. The van der Waals surface area contributed by atoms with Crippen LogP contribution in [0, 0.1) is 5.92 Å². The van der Waals surface area contributed by atoms with Gasteiger partial charge >= 0.3 is 0 Å². The second kappa shape index (κ2) is 7.65. The Labute approximate surface area is 137 Å². The molecule has 0 radical (unpaired) electrons. The predicted octanol–water partition coefficient (Wildman–Crippen LogP) is 2.93. The molecule has 0 aliphatic heterocycles. The van der Waals surface area contributed by atoms with Crippen LogP contribution >= 0.6 is 33.9 Å². The minimum Gasteiger partial charge on any atom is -0.384 e. The van der Waals surface area contributed by atoms with E-state index >= 15 is 0 Å². The zero-order chi connectivity index (χ0) is 16.2. The van der Waals surface area contributed by atoms with Crippen molar-refractivity contribution >= 4 is 48.8 Å². The van der Waals surface area contributed by atoms with Gasteiger partial charge in [-0.25, -0.2) is 8.42 Å². The van der Waals surface area contributed by atoms with Crippen LogP contribution in [0.15, 0.2) is 17.0 Å². The van der Waals surface area contributed by atoms with Gasteiger partial charge in [0.15, 0.2) is 0 Å². The van der Waals surface area contributed by atoms with E-state index in [1.165, 1.54) is 6.07 Å². The van der Waals surface area contributed by atoms with Crippen LogP contribution in [0.25, 0.3) is 0 Å². The Hall–Kier alpha value is -0.530. The third kappa shape index (κ3) is 5.30. The van der Waals surface area contributed by atoms with Gasteiger partial charge in [-0.15, -0.1) is 0 Å². The molecule has 0 aliphatic rings. The maximum absolute atomic E-state index is 12.0. The Morgan fingerprint density at radius 2 is 1.95 bits per heavy atom. The lowest BCUT2D eigenvalue weighted by atomic mass is 10.1. The molecule has 0 spiro atoms. The Kier molecular flexibility index (Phi) is 6.74. The maximum Gasteiger partial charge on any atom is 0.262 e. The van der Waals surface area contributed by atoms with Crippen molar-refractivity contribution in [2.45, 2.75) is 11.8 Å². The predicted molar refractivity (Wildman–Crippen MR) is 82.9 cm³/mol. The van der Waals surface area contributed by atoms with Gasteiger partial charge in [0.2, 0.25) is 0 Å². The second-order valence-electron chi connectivity index (χ2n) is 4.47. The van der Waals surface area contributed by atoms with Crippen LogP contribution < -0.4 is 5.32 Å². The van der Waals surface area contributed by atoms with E-state index in [0.29, 0.717) is 13.2 Å². The van der Waals surface area contributed by atoms with Crippen molar-refractivity contribution in [2.75, 3.05) is 20.3 Å². The summed E-state index contributed by atoms with van der Waals surface area (Å²) in [6.45, 7) is 2.73. The van der Waals surface area contributed by atoms with Crippen LogP contribution in [-0.4, -0.2) is 34.6 Å². The first-order valence-electron chi connectivity index (χ1n) is 5.87. The Balaban J connectivity index is 3.00. The fourth-order valence-corrected chi connectivity index (χ4v) is 3.42. The molecule has 0 fully saturated rings. The first-order chi connectivity index (χ1) is 9.66. The summed E-state index contributed by atoms with van der Waals surface area (Å²) in [6.07, 6.45) is 0. The molecule has 0 bridgehead atoms. The number of rotatable bonds is 6. The van der Waals surface area contributed by atoms with Crippen LogP contribution in [0.3, 0.4) is 0 Å². The van der Waals surface area contributed by atoms with Gasteiger partial charge in [0, 0.05) is 24.3 Å². The lowest BCUT2D eigenvalue weighted by Crippen LogP contribution is -2.30. The summed E-state index contributed by atoms with van der Waals surface area (Å²) in [6, 6.07) is 2.23. The van der Waals surface area contributed by atoms with Crippen molar-refractivity contribution in [1.82, 2.24) is 5.32 Å². The molecule has 1 N–H and O–H groups in total. The number of carbonyl (C=O) groups is 1. The molecule has 0 saturated carbocycles. The molecule has 5 nitrogen and oxygen atoms in total. The van der Waals surface area contributed by atoms with Gasteiger partial charge in [0.1, 0.15) is 4.90 Å². The van der Waals surface area contributed by atoms with Crippen LogP contribution in [0.2, 0.25) is 10.0 Å². The third-order valence-corrected chi connectivity index (χ3v) is 4.69. The number of methoxy groups -OCH3 is 1. The molecule has 0 aliphatic carbocycles. The normalized spacial score (nSPS) is 13.0. The highest BCUT2D eigenvalue weighted by Gasteiger charge is 2.21. The van der Waals surface area contributed by atoms with Gasteiger partial charge in [0.05, 0.1) is 22.2 Å². The number of nitrogens with one attached hydrogen (secondary N) is 1. The van der Waals surface area contributed by atoms with E-state index in [-0.39, 0.29) is 26.4 Å². The van der Waals surface area contributed by atoms with Crippen molar-refractivity contribution in [3.05, 3.63) is 27.7 Å². The molecule has 21 heavy (non-hydrogen) atoms. The standard InChI is InChI=1S/C12H14Cl3NO4S/c1-7(6-20-2)5-16-12(17)8-3-11(21(15,18)19)10(14)4-9(8)13/h3-4,7H,5-6H2,1-2H3,(H,16,17). The average Bonchev–Trinajstić information content (AvgIpc) is 2.34. The molecule has 1 amide bonds. The fourth-order valence-electron chi connectivity index (χ4n) is 1.60. The molecular weight excluding hydrogens is 361 g/mol. The zero-order valence-corrected chi connectivity index (χ0v) is 14.4. The molecule has 0 saturated heterocycles. The second-order valence-corrected chi connectivity index (χ2v) is 7.82. The lowest BCUT2D eigenvalue weighted by molar-refractivity contribution is 0.0934. The highest BCUT2D eigenvalue weighted by atomic mass is 35.7. The number of amides is 1. The van der Waals surface area contributed by atoms with Crippen molar-refractivity contribution < 1.29 is 17.9 Å². The Morgan fingerprint density at radius 3 is 2.48 bits per heavy atom. The van der Waals surface area contributed by atoms with E-state index in [4.69, 9.17) is 38.6 Å². The fraction of sp³-hybridized carbons (Fsp3) is 0.417. The minimum atomic E-state index is -4.06. The van der Waals surface area contributed by atoms with Gasteiger partial charge < -0.3 is 10.1 Å². The first-order valence-corrected chi connectivity index (χ1v) is 8.94. The SMILES string of the molecule is COCC(C)CNC(=O)c1cc(S(=O)(=O)Cl)c(Cl)cc1Cl. The van der Waals surface area contributed by atoms with Crippen LogP contribution in [0.1, 0.15) is 17.3 Å². The molecular formula is C12H14Cl3NO4S. The number of benzene rings is 1. The van der Waals surface area contributed by atoms with Crippen molar-refractivity contribution in [3.63, 3.8) is 0 Å². The van der Waals surface area contributed by atoms with E-state index in [1.807, 2.05) is 6.92 Å². The van der Waals surface area contributed by atoms with Gasteiger partial charge in [-0.05, 0) is 18.1 Å². The summed E-state index contributed by atoms with van der Waals surface area (Å²) in [4.78, 5) is 11.7. The number of hydrogen-bond donors (Lipinski definition) is 1. The highest BCUT2D eigenvalue weighted by Crippen LogP contribution is 2.30. The quantitative estimate of drug-likeness (QED) is 0.777. The van der Waals surface area contributed by atoms with E-state index < -0.39 is 15.0 Å². The lowest BCUT2D eigenvalue weighted by Gasteiger charge is -2.13. The molecule has 1 atom stereocenters. The highest BCUT2D eigenvalue weighted by molar-refractivity contribution is 8.13. The third-order valence-electron chi connectivity index (χ3n) is 2.59. The number of ether oxygens (including phenoxy) is 1. The molecule has 1 rings (SSSR count). The van der Waals surface area contributed by atoms with Crippen molar-refractivity contribution in [3.8, 4) is 0 Å². The van der Waals surface area contributed by atoms with E-state index in [2.05, 4.69) is 5.32 Å². The molecule has 9 heteroatoms. The first kappa shape index (κ1) is 18.5. The van der Waals surface area contributed by atoms with E-state index in [0.717, 1.165) is 6.07 Å². The molecule has 0 heterocycles. The summed E-state index contributed by atoms with van der Waals surface area (Å²) < 4.78 is 27.7. The Bertz CT molecular complexity index is 634. The summed E-state index contributed by atoms with van der Waals surface area (Å²) in [7, 11) is 2.76. The zero-order valence-electron chi connectivity index (χ0n) is 11.3. The smallest absolute Gasteiger partial charge is 0.262 e. The summed E-state index contributed by atoms with van der Waals surface area (Å²) >= 11 is 11.7. The molecule has 1 unspecified atom stereocenters. The van der Waals surface area contributed by atoms with Gasteiger partial charge in [-0.1, -0.05) is 30.1 Å². The number of halogens is 3. The van der Waals surface area contributed by atoms with Gasteiger partial charge in [-0.3, -0.25) is 4.79 Å². The molecule has 1 aromatic rings. The van der Waals surface area contributed by atoms with Crippen molar-refractivity contribution in [1.29, 1.82) is 0 Å². The topological polar surface area (TPSA) is 72.5 Å². The van der Waals surface area contributed by atoms with Crippen LogP contribution in [-0.2, 0) is 13.8 Å². The van der Waals surface area contributed by atoms with Crippen LogP contribution in [0.4, 0.5) is 0 Å². The average molecular weight is 375 g/mol. The molecule has 1 aromatic carbocycles. The summed E-state index contributed by atoms with van der Waals surface area (Å²) in [5.41, 5.74) is -0.00934. The van der Waals surface area contributed by atoms with E-state index in [9.17, 15) is 13.2 Å². The number of carbonyl (C=O) groups excluding carboxylic acids is 1. The number of hydrogen-bond acceptors (Lipinski definition) is 4. The summed E-state index contributed by atoms with van der Waals surface area (Å²) in [5, 5.41) is 2.54. The minimum absolute atomic E-state index is 0.00934. The largest absolute Gasteiger partial charge is 0.384 e. The van der Waals surface area contributed by atoms with Crippen LogP contribution in [0.5, 0.6) is 0 Å².